The number of aldehydes is 1. The van der Waals surface area contributed by atoms with Gasteiger partial charge in [0.15, 0.2) is 5.13 Å². The maximum Gasteiger partial charge on any atom is 0.186 e. The SMILES string of the molecule is Cc1cc(C=O)cc(CN2CCCN(c3nc4ccc(C)cc4s3)CC2)c1. The van der Waals surface area contributed by atoms with Gasteiger partial charge in [-0.3, -0.25) is 9.69 Å². The van der Waals surface area contributed by atoms with Gasteiger partial charge in [0.25, 0.3) is 0 Å². The molecule has 0 atom stereocenters. The smallest absolute Gasteiger partial charge is 0.186 e. The zero-order chi connectivity index (χ0) is 18.8. The van der Waals surface area contributed by atoms with Gasteiger partial charge in [-0.15, -0.1) is 0 Å². The highest BCUT2D eigenvalue weighted by atomic mass is 32.1. The van der Waals surface area contributed by atoms with Crippen molar-refractivity contribution in [2.24, 2.45) is 0 Å². The molecule has 0 aliphatic carbocycles. The number of rotatable bonds is 4. The number of hydrogen-bond donors (Lipinski definition) is 0. The Hall–Kier alpha value is -2.24. The van der Waals surface area contributed by atoms with Crippen LogP contribution < -0.4 is 4.90 Å². The minimum atomic E-state index is 0.770. The van der Waals surface area contributed by atoms with Crippen LogP contribution in [0.3, 0.4) is 0 Å². The van der Waals surface area contributed by atoms with Gasteiger partial charge >= 0.3 is 0 Å². The number of benzene rings is 2. The second kappa shape index (κ2) is 7.79. The predicted molar refractivity (Wildman–Crippen MR) is 113 cm³/mol. The summed E-state index contributed by atoms with van der Waals surface area (Å²) in [5.74, 6) is 0. The van der Waals surface area contributed by atoms with E-state index in [9.17, 15) is 4.79 Å². The largest absolute Gasteiger partial charge is 0.347 e. The molecule has 1 aliphatic rings. The average Bonchev–Trinajstić information content (AvgIpc) is 2.92. The monoisotopic (exact) mass is 379 g/mol. The maximum absolute atomic E-state index is 11.1. The molecular weight excluding hydrogens is 354 g/mol. The van der Waals surface area contributed by atoms with Crippen LogP contribution >= 0.6 is 11.3 Å². The second-order valence-electron chi connectivity index (χ2n) is 7.45. The highest BCUT2D eigenvalue weighted by Crippen LogP contribution is 2.30. The van der Waals surface area contributed by atoms with Gasteiger partial charge in [-0.25, -0.2) is 4.98 Å². The molecule has 3 aromatic rings. The number of carbonyl (C=O) groups is 1. The topological polar surface area (TPSA) is 36.4 Å². The number of fused-ring (bicyclic) bond motifs is 1. The Morgan fingerprint density at radius 1 is 1.04 bits per heavy atom. The van der Waals surface area contributed by atoms with Gasteiger partial charge in [-0.2, -0.15) is 0 Å². The van der Waals surface area contributed by atoms with E-state index >= 15 is 0 Å². The lowest BCUT2D eigenvalue weighted by atomic mass is 10.1. The van der Waals surface area contributed by atoms with Crippen LogP contribution in [0.5, 0.6) is 0 Å². The summed E-state index contributed by atoms with van der Waals surface area (Å²) in [7, 11) is 0. The van der Waals surface area contributed by atoms with Crippen LogP contribution in [0.25, 0.3) is 10.2 Å². The summed E-state index contributed by atoms with van der Waals surface area (Å²) >= 11 is 1.80. The highest BCUT2D eigenvalue weighted by Gasteiger charge is 2.18. The van der Waals surface area contributed by atoms with E-state index in [4.69, 9.17) is 4.98 Å². The summed E-state index contributed by atoms with van der Waals surface area (Å²) in [5, 5.41) is 1.14. The fourth-order valence-corrected chi connectivity index (χ4v) is 4.90. The van der Waals surface area contributed by atoms with Gasteiger partial charge in [-0.1, -0.05) is 29.0 Å². The second-order valence-corrected chi connectivity index (χ2v) is 8.46. The fraction of sp³-hybridized carbons (Fsp3) is 0.364. The van der Waals surface area contributed by atoms with Crippen LogP contribution in [0.2, 0.25) is 0 Å². The number of carbonyl (C=O) groups excluding carboxylic acids is 1. The lowest BCUT2D eigenvalue weighted by Gasteiger charge is -2.21. The summed E-state index contributed by atoms with van der Waals surface area (Å²) in [6.45, 7) is 9.20. The summed E-state index contributed by atoms with van der Waals surface area (Å²) in [5.41, 5.74) is 5.53. The fourth-order valence-electron chi connectivity index (χ4n) is 3.79. The molecule has 2 aromatic carbocycles. The van der Waals surface area contributed by atoms with Crippen molar-refractivity contribution in [2.75, 3.05) is 31.1 Å². The molecule has 0 radical (unpaired) electrons. The van der Waals surface area contributed by atoms with Gasteiger partial charge in [-0.05, 0) is 55.7 Å². The average molecular weight is 380 g/mol. The standard InChI is InChI=1S/C22H25N3OS/c1-16-4-5-20-21(12-16)27-22(23-20)25-7-3-6-24(8-9-25)14-18-10-17(2)11-19(13-18)15-26/h4-5,10-13,15H,3,6-9,14H2,1-2H3. The first kappa shape index (κ1) is 18.1. The van der Waals surface area contributed by atoms with Crippen molar-refractivity contribution in [1.29, 1.82) is 0 Å². The molecule has 4 nitrogen and oxygen atoms in total. The Balaban J connectivity index is 1.45. The molecule has 1 saturated heterocycles. The lowest BCUT2D eigenvalue weighted by Crippen LogP contribution is -2.30. The Morgan fingerprint density at radius 2 is 1.93 bits per heavy atom. The first-order chi connectivity index (χ1) is 13.1. The van der Waals surface area contributed by atoms with E-state index in [0.717, 1.165) is 67.2 Å². The molecular formula is C22H25N3OS. The van der Waals surface area contributed by atoms with Crippen molar-refractivity contribution in [3.8, 4) is 0 Å². The molecule has 0 amide bonds. The Bertz CT molecular complexity index is 965. The molecule has 0 unspecified atom stereocenters. The zero-order valence-electron chi connectivity index (χ0n) is 15.9. The quantitative estimate of drug-likeness (QED) is 0.628. The van der Waals surface area contributed by atoms with E-state index in [1.807, 2.05) is 12.1 Å². The number of hydrogen-bond acceptors (Lipinski definition) is 5. The molecule has 1 aliphatic heterocycles. The van der Waals surface area contributed by atoms with Crippen molar-refractivity contribution in [3.63, 3.8) is 0 Å². The Morgan fingerprint density at radius 3 is 2.78 bits per heavy atom. The number of nitrogens with zero attached hydrogens (tertiary/aromatic N) is 3. The van der Waals surface area contributed by atoms with E-state index in [0.29, 0.717) is 0 Å². The van der Waals surface area contributed by atoms with E-state index in [1.54, 1.807) is 11.3 Å². The number of aromatic nitrogens is 1. The third kappa shape index (κ3) is 4.20. The Labute approximate surface area is 164 Å². The molecule has 5 heteroatoms. The van der Waals surface area contributed by atoms with Crippen molar-refractivity contribution in [3.05, 3.63) is 58.7 Å². The molecule has 1 aromatic heterocycles. The van der Waals surface area contributed by atoms with Crippen molar-refractivity contribution >= 4 is 33.0 Å². The molecule has 0 saturated carbocycles. The van der Waals surface area contributed by atoms with Gasteiger partial charge < -0.3 is 4.90 Å². The molecule has 0 N–H and O–H groups in total. The van der Waals surface area contributed by atoms with E-state index in [1.165, 1.54) is 15.8 Å². The van der Waals surface area contributed by atoms with E-state index < -0.39 is 0 Å². The van der Waals surface area contributed by atoms with E-state index in [2.05, 4.69) is 47.9 Å². The Kier molecular flexibility index (Phi) is 5.23. The van der Waals surface area contributed by atoms with Gasteiger partial charge in [0, 0.05) is 38.3 Å². The third-order valence-corrected chi connectivity index (χ3v) is 6.17. The lowest BCUT2D eigenvalue weighted by molar-refractivity contribution is 0.112. The van der Waals surface area contributed by atoms with Crippen LogP contribution in [-0.2, 0) is 6.54 Å². The minimum absolute atomic E-state index is 0.770. The number of thiazole rings is 1. The molecule has 1 fully saturated rings. The predicted octanol–water partition coefficient (Wildman–Crippen LogP) is 4.44. The highest BCUT2D eigenvalue weighted by molar-refractivity contribution is 7.22. The van der Waals surface area contributed by atoms with Crippen molar-refractivity contribution < 1.29 is 4.79 Å². The first-order valence-electron chi connectivity index (χ1n) is 9.51. The van der Waals surface area contributed by atoms with Crippen LogP contribution in [-0.4, -0.2) is 42.3 Å². The van der Waals surface area contributed by atoms with Crippen LogP contribution in [0.15, 0.2) is 36.4 Å². The zero-order valence-corrected chi connectivity index (χ0v) is 16.8. The minimum Gasteiger partial charge on any atom is -0.347 e. The van der Waals surface area contributed by atoms with E-state index in [-0.39, 0.29) is 0 Å². The van der Waals surface area contributed by atoms with Gasteiger partial charge in [0.1, 0.15) is 6.29 Å². The summed E-state index contributed by atoms with van der Waals surface area (Å²) in [6.07, 6.45) is 2.07. The molecule has 27 heavy (non-hydrogen) atoms. The van der Waals surface area contributed by atoms with Gasteiger partial charge in [0.2, 0.25) is 0 Å². The maximum atomic E-state index is 11.1. The molecule has 140 valence electrons. The normalized spacial score (nSPS) is 15.9. The molecule has 0 spiro atoms. The number of anilines is 1. The first-order valence-corrected chi connectivity index (χ1v) is 10.3. The summed E-state index contributed by atoms with van der Waals surface area (Å²) in [4.78, 5) is 20.9. The molecule has 0 bridgehead atoms. The van der Waals surface area contributed by atoms with Crippen LogP contribution in [0.1, 0.15) is 33.5 Å². The summed E-state index contributed by atoms with van der Waals surface area (Å²) < 4.78 is 1.27. The third-order valence-electron chi connectivity index (χ3n) is 5.09. The van der Waals surface area contributed by atoms with Crippen LogP contribution in [0.4, 0.5) is 5.13 Å². The van der Waals surface area contributed by atoms with Gasteiger partial charge in [0.05, 0.1) is 10.2 Å². The van der Waals surface area contributed by atoms with Crippen molar-refractivity contribution in [1.82, 2.24) is 9.88 Å². The molecule has 2 heterocycles. The molecule has 4 rings (SSSR count). The van der Waals surface area contributed by atoms with Crippen LogP contribution in [0, 0.1) is 13.8 Å². The number of aryl methyl sites for hydroxylation is 2. The summed E-state index contributed by atoms with van der Waals surface area (Å²) in [6, 6.07) is 12.6. The van der Waals surface area contributed by atoms with Crippen molar-refractivity contribution in [2.45, 2.75) is 26.8 Å².